The monoisotopic (exact) mass is 565 g/mol. The Bertz CT molecular complexity index is 1270. The van der Waals surface area contributed by atoms with Gasteiger partial charge in [-0.3, -0.25) is 0 Å². The van der Waals surface area contributed by atoms with Gasteiger partial charge in [0.15, 0.2) is 0 Å². The first-order valence-electron chi connectivity index (χ1n) is 15.3. The number of benzene rings is 4. The maximum absolute atomic E-state index is 5.93. The zero-order chi connectivity index (χ0) is 30.4. The van der Waals surface area contributed by atoms with Gasteiger partial charge in [-0.1, -0.05) is 158 Å². The van der Waals surface area contributed by atoms with Crippen molar-refractivity contribution in [2.24, 2.45) is 5.73 Å². The Hall–Kier alpha value is -3.33. The van der Waals surface area contributed by atoms with E-state index >= 15 is 0 Å². The summed E-state index contributed by atoms with van der Waals surface area (Å²) in [6, 6.07) is 39.9. The molecule has 0 spiro atoms. The predicted molar refractivity (Wildman–Crippen MR) is 190 cm³/mol. The van der Waals surface area contributed by atoms with Gasteiger partial charge in [-0.2, -0.15) is 10.0 Å². The highest BCUT2D eigenvalue weighted by molar-refractivity contribution is 8.47. The molecule has 4 aromatic rings. The second-order valence-corrected chi connectivity index (χ2v) is 12.9. The minimum Gasteiger partial charge on any atom is -0.326 e. The number of allylic oxidation sites excluding steroid dienone is 2. The normalized spacial score (nSPS) is 14.1. The molecular formula is C39H51NS. The highest BCUT2D eigenvalue weighted by atomic mass is 32.3. The quantitative estimate of drug-likeness (QED) is 0.247. The topological polar surface area (TPSA) is 26.0 Å². The zero-order valence-corrected chi connectivity index (χ0v) is 27.6. The van der Waals surface area contributed by atoms with Crippen molar-refractivity contribution in [3.05, 3.63) is 143 Å². The molecule has 2 N–H and O–H groups in total. The van der Waals surface area contributed by atoms with Crippen molar-refractivity contribution in [3.63, 3.8) is 0 Å². The van der Waals surface area contributed by atoms with Gasteiger partial charge in [0.25, 0.3) is 0 Å². The molecular weight excluding hydrogens is 515 g/mol. The molecule has 5 rings (SSSR count). The van der Waals surface area contributed by atoms with Gasteiger partial charge in [0.05, 0.1) is 0 Å². The molecule has 0 aliphatic carbocycles. The van der Waals surface area contributed by atoms with Gasteiger partial charge in [-0.05, 0) is 52.3 Å². The third-order valence-electron chi connectivity index (χ3n) is 6.93. The van der Waals surface area contributed by atoms with Crippen LogP contribution in [0.25, 0.3) is 21.0 Å². The second-order valence-electron chi connectivity index (χ2n) is 9.42. The molecule has 41 heavy (non-hydrogen) atoms. The summed E-state index contributed by atoms with van der Waals surface area (Å²) in [5, 5.41) is 0. The molecule has 0 fully saturated rings. The van der Waals surface area contributed by atoms with Gasteiger partial charge in [0.2, 0.25) is 0 Å². The fourth-order valence-electron chi connectivity index (χ4n) is 5.16. The molecule has 1 heterocycles. The van der Waals surface area contributed by atoms with Crippen LogP contribution in [0.5, 0.6) is 0 Å². The molecule has 1 aliphatic heterocycles. The molecule has 0 aromatic heterocycles. The van der Waals surface area contributed by atoms with Crippen LogP contribution in [0.1, 0.15) is 81.8 Å². The van der Waals surface area contributed by atoms with Gasteiger partial charge in [-0.25, -0.2) is 0 Å². The fraction of sp³-hybridized carbons (Fsp3) is 0.282. The summed E-state index contributed by atoms with van der Waals surface area (Å²) in [6.07, 6.45) is 5.97. The van der Waals surface area contributed by atoms with E-state index in [1.54, 1.807) is 0 Å². The van der Waals surface area contributed by atoms with Crippen molar-refractivity contribution in [2.45, 2.75) is 61.4 Å². The maximum atomic E-state index is 5.93. The molecule has 0 atom stereocenters. The van der Waals surface area contributed by atoms with E-state index in [9.17, 15) is 0 Å². The van der Waals surface area contributed by atoms with E-state index in [2.05, 4.69) is 129 Å². The van der Waals surface area contributed by atoms with Gasteiger partial charge >= 0.3 is 0 Å². The Morgan fingerprint density at radius 3 is 1.12 bits per heavy atom. The van der Waals surface area contributed by atoms with Crippen LogP contribution >= 0.6 is 10.0 Å². The number of rotatable bonds is 6. The van der Waals surface area contributed by atoms with Crippen LogP contribution in [0.3, 0.4) is 0 Å². The van der Waals surface area contributed by atoms with Crippen molar-refractivity contribution >= 4 is 31.0 Å². The zero-order valence-electron chi connectivity index (χ0n) is 26.8. The Morgan fingerprint density at radius 2 is 0.805 bits per heavy atom. The Kier molecular flexibility index (Phi) is 13.9. The van der Waals surface area contributed by atoms with Crippen molar-refractivity contribution < 1.29 is 0 Å². The maximum Gasteiger partial charge on any atom is 0.0178 e. The lowest BCUT2D eigenvalue weighted by molar-refractivity contribution is 1.07. The summed E-state index contributed by atoms with van der Waals surface area (Å²) in [6.45, 7) is 14.8. The van der Waals surface area contributed by atoms with Crippen LogP contribution < -0.4 is 5.73 Å². The third-order valence-corrected chi connectivity index (χ3v) is 9.85. The third kappa shape index (κ3) is 7.50. The molecule has 1 nitrogen and oxygen atoms in total. The first kappa shape index (κ1) is 33.9. The summed E-state index contributed by atoms with van der Waals surface area (Å²) in [5.74, 6) is 0. The molecule has 2 heteroatoms. The van der Waals surface area contributed by atoms with Crippen LogP contribution in [-0.4, -0.2) is 12.5 Å². The molecule has 0 radical (unpaired) electrons. The van der Waals surface area contributed by atoms with Crippen LogP contribution in [0, 0.1) is 0 Å². The SMILES string of the molecule is CC.CC.CC.CCc1ccc(C2=C(c3ccccc3)C(c3ccccc3)=C(c3ccc(CN)cc3)S2(C)C)cc1. The highest BCUT2D eigenvalue weighted by Gasteiger charge is 2.39. The highest BCUT2D eigenvalue weighted by Crippen LogP contribution is 2.74. The fourth-order valence-corrected chi connectivity index (χ4v) is 8.28. The summed E-state index contributed by atoms with van der Waals surface area (Å²) in [5.41, 5.74) is 16.3. The average molecular weight is 566 g/mol. The smallest absolute Gasteiger partial charge is 0.0178 e. The van der Waals surface area contributed by atoms with Gasteiger partial charge in [0.1, 0.15) is 0 Å². The van der Waals surface area contributed by atoms with Crippen LogP contribution in [-0.2, 0) is 13.0 Å². The van der Waals surface area contributed by atoms with Crippen molar-refractivity contribution in [1.29, 1.82) is 0 Å². The van der Waals surface area contributed by atoms with E-state index in [0.717, 1.165) is 12.0 Å². The minimum absolute atomic E-state index is 0.559. The average Bonchev–Trinajstić information content (AvgIpc) is 3.31. The van der Waals surface area contributed by atoms with E-state index in [1.165, 1.54) is 48.8 Å². The van der Waals surface area contributed by atoms with E-state index in [0.29, 0.717) is 6.54 Å². The lowest BCUT2D eigenvalue weighted by Crippen LogP contribution is -2.01. The van der Waals surface area contributed by atoms with Crippen molar-refractivity contribution in [1.82, 2.24) is 0 Å². The first-order valence-corrected chi connectivity index (χ1v) is 17.7. The standard InChI is InChI=1S/C33H33NS.3C2H6/c1-4-24-15-19-28(20-16-24)32-30(26-11-7-5-8-12-26)31(27-13-9-6-10-14-27)33(35(32,2)3)29-21-17-25(23-34)18-22-29;3*1-2/h5-22H,4,23,34H2,1-3H3;3*1-2H3. The Balaban J connectivity index is 0.000000921. The number of hydrogen-bond acceptors (Lipinski definition) is 1. The number of hydrogen-bond donors (Lipinski definition) is 1. The molecule has 1 aliphatic rings. The van der Waals surface area contributed by atoms with Crippen LogP contribution in [0.2, 0.25) is 0 Å². The minimum atomic E-state index is -1.34. The Labute approximate surface area is 252 Å². The summed E-state index contributed by atoms with van der Waals surface area (Å²) >= 11 is 0. The van der Waals surface area contributed by atoms with Gasteiger partial charge in [-0.15, -0.1) is 0 Å². The largest absolute Gasteiger partial charge is 0.326 e. The summed E-state index contributed by atoms with van der Waals surface area (Å²) < 4.78 is 0. The van der Waals surface area contributed by atoms with Crippen molar-refractivity contribution in [3.8, 4) is 0 Å². The van der Waals surface area contributed by atoms with E-state index in [4.69, 9.17) is 5.73 Å². The van der Waals surface area contributed by atoms with Crippen LogP contribution in [0.15, 0.2) is 109 Å². The lowest BCUT2D eigenvalue weighted by Gasteiger charge is -2.34. The number of aryl methyl sites for hydroxylation is 1. The van der Waals surface area contributed by atoms with Crippen molar-refractivity contribution in [2.75, 3.05) is 12.5 Å². The summed E-state index contributed by atoms with van der Waals surface area (Å²) in [7, 11) is -1.34. The number of nitrogens with two attached hydrogens (primary N) is 1. The molecule has 0 saturated carbocycles. The molecule has 218 valence electrons. The van der Waals surface area contributed by atoms with Crippen LogP contribution in [0.4, 0.5) is 0 Å². The van der Waals surface area contributed by atoms with E-state index < -0.39 is 10.0 Å². The van der Waals surface area contributed by atoms with Gasteiger partial charge < -0.3 is 5.73 Å². The second kappa shape index (κ2) is 16.8. The molecule has 4 aromatic carbocycles. The molecule has 0 amide bonds. The summed E-state index contributed by atoms with van der Waals surface area (Å²) in [4.78, 5) is 2.91. The molecule has 0 bridgehead atoms. The molecule has 0 saturated heterocycles. The lowest BCUT2D eigenvalue weighted by atomic mass is 9.89. The van der Waals surface area contributed by atoms with Gasteiger partial charge in [0, 0.05) is 27.5 Å². The Morgan fingerprint density at radius 1 is 0.463 bits per heavy atom. The predicted octanol–water partition coefficient (Wildman–Crippen LogP) is 11.3. The van der Waals surface area contributed by atoms with E-state index in [-0.39, 0.29) is 0 Å². The van der Waals surface area contributed by atoms with E-state index in [1.807, 2.05) is 41.5 Å². The first-order chi connectivity index (χ1) is 20.0. The molecule has 0 unspecified atom stereocenters.